The predicted octanol–water partition coefficient (Wildman–Crippen LogP) is 5.12. The van der Waals surface area contributed by atoms with Crippen molar-refractivity contribution < 1.29 is 23.5 Å². The van der Waals surface area contributed by atoms with Gasteiger partial charge in [-0.2, -0.15) is 0 Å². The number of rotatable bonds is 7. The summed E-state index contributed by atoms with van der Waals surface area (Å²) >= 11 is 0.947. The first-order chi connectivity index (χ1) is 15.3. The molecule has 6 nitrogen and oxygen atoms in total. The first-order valence-electron chi connectivity index (χ1n) is 10.1. The van der Waals surface area contributed by atoms with Crippen molar-refractivity contribution in [2.75, 3.05) is 11.9 Å². The van der Waals surface area contributed by atoms with Crippen LogP contribution in [0.5, 0.6) is 0 Å². The second-order valence-electron chi connectivity index (χ2n) is 7.02. The summed E-state index contributed by atoms with van der Waals surface area (Å²) in [6.07, 6.45) is 0. The molecule has 1 atom stereocenters. The van der Waals surface area contributed by atoms with Gasteiger partial charge in [-0.1, -0.05) is 42.5 Å². The standard InChI is InChI=1S/C24H23FN2O4S/c1-4-31-24(30)19-14(2)20(22(29)26-15(3)16-10-6-5-7-11-16)32-23(19)27-21(28)17-12-8-9-13-18(17)25/h5-13,15H,4H2,1-3H3,(H,26,29)(H,27,28). The topological polar surface area (TPSA) is 84.5 Å². The average Bonchev–Trinajstić information content (AvgIpc) is 3.10. The molecule has 3 rings (SSSR count). The van der Waals surface area contributed by atoms with Gasteiger partial charge in [0, 0.05) is 0 Å². The van der Waals surface area contributed by atoms with Gasteiger partial charge < -0.3 is 15.4 Å². The van der Waals surface area contributed by atoms with Crippen LogP contribution in [0.3, 0.4) is 0 Å². The Balaban J connectivity index is 1.92. The van der Waals surface area contributed by atoms with E-state index in [0.29, 0.717) is 5.56 Å². The zero-order valence-electron chi connectivity index (χ0n) is 17.9. The fourth-order valence-corrected chi connectivity index (χ4v) is 4.26. The number of benzene rings is 2. The first-order valence-corrected chi connectivity index (χ1v) is 10.9. The molecule has 32 heavy (non-hydrogen) atoms. The highest BCUT2D eigenvalue weighted by molar-refractivity contribution is 7.18. The quantitative estimate of drug-likeness (QED) is 0.486. The normalized spacial score (nSPS) is 11.5. The van der Waals surface area contributed by atoms with Gasteiger partial charge in [0.2, 0.25) is 0 Å². The van der Waals surface area contributed by atoms with E-state index in [9.17, 15) is 18.8 Å². The fraction of sp³-hybridized carbons (Fsp3) is 0.208. The van der Waals surface area contributed by atoms with Gasteiger partial charge in [-0.05, 0) is 44.0 Å². The molecule has 0 fully saturated rings. The summed E-state index contributed by atoms with van der Waals surface area (Å²) in [5.41, 5.74) is 1.22. The Hall–Kier alpha value is -3.52. The van der Waals surface area contributed by atoms with Crippen molar-refractivity contribution in [3.8, 4) is 0 Å². The van der Waals surface area contributed by atoms with Crippen molar-refractivity contribution in [3.05, 3.63) is 87.5 Å². The van der Waals surface area contributed by atoms with Crippen LogP contribution in [-0.2, 0) is 4.74 Å². The van der Waals surface area contributed by atoms with Crippen LogP contribution in [0.1, 0.15) is 61.4 Å². The van der Waals surface area contributed by atoms with Crippen molar-refractivity contribution in [2.45, 2.75) is 26.8 Å². The molecule has 1 aromatic heterocycles. The highest BCUT2D eigenvalue weighted by Gasteiger charge is 2.28. The number of hydrogen-bond acceptors (Lipinski definition) is 5. The lowest BCUT2D eigenvalue weighted by atomic mass is 10.1. The largest absolute Gasteiger partial charge is 0.462 e. The van der Waals surface area contributed by atoms with Crippen molar-refractivity contribution in [1.82, 2.24) is 5.32 Å². The number of ether oxygens (including phenoxy) is 1. The summed E-state index contributed by atoms with van der Waals surface area (Å²) in [4.78, 5) is 38.4. The summed E-state index contributed by atoms with van der Waals surface area (Å²) in [6, 6.07) is 14.7. The van der Waals surface area contributed by atoms with E-state index in [0.717, 1.165) is 16.9 Å². The maximum atomic E-state index is 14.0. The minimum absolute atomic E-state index is 0.0825. The van der Waals surface area contributed by atoms with Crippen LogP contribution in [0, 0.1) is 12.7 Å². The Labute approximate surface area is 189 Å². The molecule has 8 heteroatoms. The van der Waals surface area contributed by atoms with Gasteiger partial charge in [-0.15, -0.1) is 11.3 Å². The molecule has 0 saturated carbocycles. The minimum Gasteiger partial charge on any atom is -0.462 e. The third kappa shape index (κ3) is 5.03. The van der Waals surface area contributed by atoms with E-state index in [4.69, 9.17) is 4.74 Å². The van der Waals surface area contributed by atoms with Crippen LogP contribution in [0.15, 0.2) is 54.6 Å². The van der Waals surface area contributed by atoms with Crippen LogP contribution >= 0.6 is 11.3 Å². The fourth-order valence-electron chi connectivity index (χ4n) is 3.17. The molecule has 1 heterocycles. The van der Waals surface area contributed by atoms with E-state index >= 15 is 0 Å². The molecule has 166 valence electrons. The van der Waals surface area contributed by atoms with Crippen molar-refractivity contribution >= 4 is 34.1 Å². The lowest BCUT2D eigenvalue weighted by molar-refractivity contribution is 0.0527. The highest BCUT2D eigenvalue weighted by atomic mass is 32.1. The summed E-state index contributed by atoms with van der Waals surface area (Å²) in [5.74, 6) is -2.47. The number of halogens is 1. The number of thiophene rings is 1. The lowest BCUT2D eigenvalue weighted by Gasteiger charge is -2.14. The molecule has 2 N–H and O–H groups in total. The monoisotopic (exact) mass is 454 g/mol. The van der Waals surface area contributed by atoms with Crippen LogP contribution in [0.25, 0.3) is 0 Å². The molecule has 0 bridgehead atoms. The highest BCUT2D eigenvalue weighted by Crippen LogP contribution is 2.34. The van der Waals surface area contributed by atoms with Gasteiger partial charge in [0.25, 0.3) is 11.8 Å². The molecule has 0 aliphatic carbocycles. The van der Waals surface area contributed by atoms with Gasteiger partial charge >= 0.3 is 5.97 Å². The third-order valence-corrected chi connectivity index (χ3v) is 6.03. The Bertz CT molecular complexity index is 1140. The van der Waals surface area contributed by atoms with Gasteiger partial charge in [-0.25, -0.2) is 9.18 Å². The predicted molar refractivity (Wildman–Crippen MR) is 122 cm³/mol. The van der Waals surface area contributed by atoms with Crippen LogP contribution in [0.4, 0.5) is 9.39 Å². The van der Waals surface area contributed by atoms with Gasteiger partial charge in [0.05, 0.1) is 28.7 Å². The van der Waals surface area contributed by atoms with Gasteiger partial charge in [-0.3, -0.25) is 9.59 Å². The van der Waals surface area contributed by atoms with E-state index < -0.39 is 17.7 Å². The second-order valence-corrected chi connectivity index (χ2v) is 8.04. The Morgan fingerprint density at radius 2 is 1.69 bits per heavy atom. The molecule has 0 saturated heterocycles. The number of anilines is 1. The first kappa shape index (κ1) is 23.1. The second kappa shape index (κ2) is 10.2. The van der Waals surface area contributed by atoms with E-state index in [2.05, 4.69) is 10.6 Å². The van der Waals surface area contributed by atoms with Crippen molar-refractivity contribution in [1.29, 1.82) is 0 Å². The number of hydrogen-bond donors (Lipinski definition) is 2. The average molecular weight is 455 g/mol. The van der Waals surface area contributed by atoms with Gasteiger partial charge in [0.1, 0.15) is 10.8 Å². The van der Waals surface area contributed by atoms with Crippen LogP contribution in [0.2, 0.25) is 0 Å². The third-order valence-electron chi connectivity index (χ3n) is 4.83. The Morgan fingerprint density at radius 1 is 1.03 bits per heavy atom. The molecule has 3 aromatic rings. The molecule has 2 aromatic carbocycles. The number of carbonyl (C=O) groups excluding carboxylic acids is 3. The number of nitrogens with one attached hydrogen (secondary N) is 2. The minimum atomic E-state index is -0.723. The van der Waals surface area contributed by atoms with E-state index in [1.165, 1.54) is 24.3 Å². The summed E-state index contributed by atoms with van der Waals surface area (Å²) in [5, 5.41) is 5.60. The SMILES string of the molecule is CCOC(=O)c1c(NC(=O)c2ccccc2F)sc(C(=O)NC(C)c2ccccc2)c1C. The Morgan fingerprint density at radius 3 is 2.34 bits per heavy atom. The summed E-state index contributed by atoms with van der Waals surface area (Å²) < 4.78 is 19.1. The summed E-state index contributed by atoms with van der Waals surface area (Å²) in [6.45, 7) is 5.25. The zero-order valence-corrected chi connectivity index (χ0v) is 18.7. The summed E-state index contributed by atoms with van der Waals surface area (Å²) in [7, 11) is 0. The molecule has 1 unspecified atom stereocenters. The smallest absolute Gasteiger partial charge is 0.341 e. The van der Waals surface area contributed by atoms with Crippen molar-refractivity contribution in [2.24, 2.45) is 0 Å². The zero-order chi connectivity index (χ0) is 23.3. The molecule has 2 amide bonds. The maximum Gasteiger partial charge on any atom is 0.341 e. The molecule has 0 radical (unpaired) electrons. The number of carbonyl (C=O) groups is 3. The molecular weight excluding hydrogens is 431 g/mol. The number of amides is 2. The van der Waals surface area contributed by atoms with E-state index in [-0.39, 0.29) is 39.6 Å². The Kier molecular flexibility index (Phi) is 7.37. The van der Waals surface area contributed by atoms with E-state index in [1.807, 2.05) is 37.3 Å². The van der Waals surface area contributed by atoms with Crippen molar-refractivity contribution in [3.63, 3.8) is 0 Å². The molecule has 0 aliphatic heterocycles. The van der Waals surface area contributed by atoms with Crippen LogP contribution < -0.4 is 10.6 Å². The molecule has 0 aliphatic rings. The van der Waals surface area contributed by atoms with Gasteiger partial charge in [0.15, 0.2) is 0 Å². The number of esters is 1. The maximum absolute atomic E-state index is 14.0. The lowest BCUT2D eigenvalue weighted by Crippen LogP contribution is -2.26. The van der Waals surface area contributed by atoms with Crippen LogP contribution in [-0.4, -0.2) is 24.4 Å². The molecule has 0 spiro atoms. The molecular formula is C24H23FN2O4S. The van der Waals surface area contributed by atoms with E-state index in [1.54, 1.807) is 13.8 Å².